The Kier molecular flexibility index (Phi) is 3.72. The average Bonchev–Trinajstić information content (AvgIpc) is 2.77. The summed E-state index contributed by atoms with van der Waals surface area (Å²) in [6, 6.07) is 7.25. The van der Waals surface area contributed by atoms with E-state index in [1.165, 1.54) is 30.4 Å². The first kappa shape index (κ1) is 11.7. The maximum atomic E-state index is 5.52. The molecule has 0 bridgehead atoms. The van der Waals surface area contributed by atoms with E-state index in [1.807, 2.05) is 0 Å². The Morgan fingerprint density at radius 2 is 2.19 bits per heavy atom. The van der Waals surface area contributed by atoms with Crippen molar-refractivity contribution >= 4 is 12.4 Å². The van der Waals surface area contributed by atoms with Crippen molar-refractivity contribution in [1.82, 2.24) is 5.32 Å². The van der Waals surface area contributed by atoms with Gasteiger partial charge in [-0.05, 0) is 36.6 Å². The quantitative estimate of drug-likeness (QED) is 0.814. The van der Waals surface area contributed by atoms with Gasteiger partial charge in [-0.2, -0.15) is 0 Å². The van der Waals surface area contributed by atoms with Crippen LogP contribution in [0, 0.1) is 0 Å². The van der Waals surface area contributed by atoms with Crippen molar-refractivity contribution in [3.05, 3.63) is 29.3 Å². The summed E-state index contributed by atoms with van der Waals surface area (Å²) in [5.41, 5.74) is 2.83. The molecule has 88 valence electrons. The van der Waals surface area contributed by atoms with Gasteiger partial charge in [-0.15, -0.1) is 12.4 Å². The van der Waals surface area contributed by atoms with E-state index < -0.39 is 0 Å². The molecule has 2 aliphatic rings. The molecule has 1 aromatic carbocycles. The summed E-state index contributed by atoms with van der Waals surface area (Å²) in [4.78, 5) is 0. The second kappa shape index (κ2) is 5.07. The fourth-order valence-corrected chi connectivity index (χ4v) is 2.56. The van der Waals surface area contributed by atoms with Gasteiger partial charge in [0.15, 0.2) is 0 Å². The van der Waals surface area contributed by atoms with Gasteiger partial charge < -0.3 is 10.1 Å². The van der Waals surface area contributed by atoms with E-state index >= 15 is 0 Å². The zero-order chi connectivity index (χ0) is 10.1. The van der Waals surface area contributed by atoms with E-state index in [1.54, 1.807) is 0 Å². The fourth-order valence-electron chi connectivity index (χ4n) is 2.56. The highest BCUT2D eigenvalue weighted by Crippen LogP contribution is 2.30. The topological polar surface area (TPSA) is 21.3 Å². The Morgan fingerprint density at radius 3 is 3.00 bits per heavy atom. The zero-order valence-electron chi connectivity index (χ0n) is 9.37. The van der Waals surface area contributed by atoms with Crippen LogP contribution in [0.2, 0.25) is 0 Å². The highest BCUT2D eigenvalue weighted by atomic mass is 35.5. The number of ether oxygens (including phenoxy) is 1. The van der Waals surface area contributed by atoms with Crippen LogP contribution in [-0.2, 0) is 6.42 Å². The highest BCUT2D eigenvalue weighted by Gasteiger charge is 2.18. The second-order valence-electron chi connectivity index (χ2n) is 4.47. The Morgan fingerprint density at radius 1 is 1.25 bits per heavy atom. The van der Waals surface area contributed by atoms with E-state index in [0.717, 1.165) is 25.3 Å². The summed E-state index contributed by atoms with van der Waals surface area (Å²) < 4.78 is 5.52. The van der Waals surface area contributed by atoms with Gasteiger partial charge in [-0.25, -0.2) is 0 Å². The van der Waals surface area contributed by atoms with Gasteiger partial charge in [0.2, 0.25) is 0 Å². The van der Waals surface area contributed by atoms with Crippen LogP contribution >= 0.6 is 12.4 Å². The monoisotopic (exact) mass is 239 g/mol. The van der Waals surface area contributed by atoms with E-state index in [9.17, 15) is 0 Å². The molecule has 16 heavy (non-hydrogen) atoms. The lowest BCUT2D eigenvalue weighted by Crippen LogP contribution is -2.26. The number of nitrogens with one attached hydrogen (secondary N) is 1. The highest BCUT2D eigenvalue weighted by molar-refractivity contribution is 5.85. The maximum absolute atomic E-state index is 5.52. The Hall–Kier alpha value is -0.730. The molecule has 3 rings (SSSR count). The Balaban J connectivity index is 0.000000963. The van der Waals surface area contributed by atoms with Crippen molar-refractivity contribution in [2.24, 2.45) is 0 Å². The molecule has 0 amide bonds. The van der Waals surface area contributed by atoms with Gasteiger partial charge in [0, 0.05) is 12.5 Å². The summed E-state index contributed by atoms with van der Waals surface area (Å²) in [6.45, 7) is 2.02. The maximum Gasteiger partial charge on any atom is 0.122 e. The molecule has 1 saturated heterocycles. The van der Waals surface area contributed by atoms with Gasteiger partial charge in [-0.1, -0.05) is 18.6 Å². The number of rotatable bonds is 1. The second-order valence-corrected chi connectivity index (χ2v) is 4.47. The normalized spacial score (nSPS) is 23.1. The van der Waals surface area contributed by atoms with Crippen LogP contribution < -0.4 is 10.1 Å². The molecule has 1 atom stereocenters. The first-order valence-electron chi connectivity index (χ1n) is 5.92. The molecule has 2 heterocycles. The SMILES string of the molecule is Cl.c1cc2c(cc1[C@H]1CCCCN1)CCO2. The summed E-state index contributed by atoms with van der Waals surface area (Å²) in [5.74, 6) is 1.09. The van der Waals surface area contributed by atoms with Crippen molar-refractivity contribution in [3.8, 4) is 5.75 Å². The van der Waals surface area contributed by atoms with Crippen molar-refractivity contribution in [2.45, 2.75) is 31.7 Å². The predicted octanol–water partition coefficient (Wildman–Crippen LogP) is 2.86. The van der Waals surface area contributed by atoms with Crippen molar-refractivity contribution in [2.75, 3.05) is 13.2 Å². The molecule has 1 aromatic rings. The zero-order valence-corrected chi connectivity index (χ0v) is 10.2. The van der Waals surface area contributed by atoms with Crippen LogP contribution in [0.1, 0.15) is 36.4 Å². The molecule has 3 heteroatoms. The first-order valence-corrected chi connectivity index (χ1v) is 5.92. The standard InChI is InChI=1S/C13H17NO.ClH/c1-2-7-14-12(3-1)10-4-5-13-11(9-10)6-8-15-13;/h4-5,9,12,14H,1-3,6-8H2;1H/t12-;/m1./s1. The summed E-state index contributed by atoms with van der Waals surface area (Å²) in [5, 5.41) is 3.59. The molecule has 0 spiro atoms. The number of benzene rings is 1. The smallest absolute Gasteiger partial charge is 0.122 e. The number of fused-ring (bicyclic) bond motifs is 1. The fraction of sp³-hybridized carbons (Fsp3) is 0.538. The molecular weight excluding hydrogens is 222 g/mol. The Bertz CT molecular complexity index is 361. The van der Waals surface area contributed by atoms with Gasteiger partial charge >= 0.3 is 0 Å². The van der Waals surface area contributed by atoms with Crippen molar-refractivity contribution < 1.29 is 4.74 Å². The van der Waals surface area contributed by atoms with E-state index in [0.29, 0.717) is 6.04 Å². The average molecular weight is 240 g/mol. The minimum atomic E-state index is 0. The van der Waals surface area contributed by atoms with Gasteiger partial charge in [-0.3, -0.25) is 0 Å². The van der Waals surface area contributed by atoms with Gasteiger partial charge in [0.05, 0.1) is 6.61 Å². The molecule has 1 fully saturated rings. The van der Waals surface area contributed by atoms with Crippen LogP contribution in [-0.4, -0.2) is 13.2 Å². The van der Waals surface area contributed by atoms with Crippen molar-refractivity contribution in [3.63, 3.8) is 0 Å². The minimum absolute atomic E-state index is 0. The molecule has 0 unspecified atom stereocenters. The number of halogens is 1. The van der Waals surface area contributed by atoms with Crippen LogP contribution in [0.25, 0.3) is 0 Å². The third kappa shape index (κ3) is 2.18. The first-order chi connectivity index (χ1) is 7.43. The van der Waals surface area contributed by atoms with Crippen LogP contribution in [0.15, 0.2) is 18.2 Å². The van der Waals surface area contributed by atoms with Crippen LogP contribution in [0.3, 0.4) is 0 Å². The lowest BCUT2D eigenvalue weighted by molar-refractivity contribution is 0.356. The summed E-state index contributed by atoms with van der Waals surface area (Å²) in [7, 11) is 0. The summed E-state index contributed by atoms with van der Waals surface area (Å²) >= 11 is 0. The van der Waals surface area contributed by atoms with E-state index in [2.05, 4.69) is 23.5 Å². The largest absolute Gasteiger partial charge is 0.493 e. The number of hydrogen-bond donors (Lipinski definition) is 1. The lowest BCUT2D eigenvalue weighted by atomic mass is 9.96. The van der Waals surface area contributed by atoms with Crippen molar-refractivity contribution in [1.29, 1.82) is 0 Å². The van der Waals surface area contributed by atoms with Crippen LogP contribution in [0.4, 0.5) is 0 Å². The Labute approximate surface area is 103 Å². The molecular formula is C13H18ClNO. The molecule has 2 aliphatic heterocycles. The molecule has 2 nitrogen and oxygen atoms in total. The predicted molar refractivity (Wildman–Crippen MR) is 67.5 cm³/mol. The third-order valence-electron chi connectivity index (χ3n) is 3.43. The lowest BCUT2D eigenvalue weighted by Gasteiger charge is -2.24. The third-order valence-corrected chi connectivity index (χ3v) is 3.43. The molecule has 0 saturated carbocycles. The van der Waals surface area contributed by atoms with E-state index in [4.69, 9.17) is 4.74 Å². The number of hydrogen-bond acceptors (Lipinski definition) is 2. The minimum Gasteiger partial charge on any atom is -0.493 e. The van der Waals surface area contributed by atoms with Gasteiger partial charge in [0.1, 0.15) is 5.75 Å². The van der Waals surface area contributed by atoms with Crippen LogP contribution in [0.5, 0.6) is 5.75 Å². The molecule has 0 radical (unpaired) electrons. The molecule has 1 N–H and O–H groups in total. The van der Waals surface area contributed by atoms with E-state index in [-0.39, 0.29) is 12.4 Å². The molecule has 0 aliphatic carbocycles. The molecule has 0 aromatic heterocycles. The number of piperidine rings is 1. The summed E-state index contributed by atoms with van der Waals surface area (Å²) in [6.07, 6.45) is 5.03. The van der Waals surface area contributed by atoms with Gasteiger partial charge in [0.25, 0.3) is 0 Å².